The molecule has 0 spiro atoms. The number of halogens is 2. The van der Waals surface area contributed by atoms with E-state index in [4.69, 9.17) is 45.5 Å². The summed E-state index contributed by atoms with van der Waals surface area (Å²) in [7, 11) is 5.79. The summed E-state index contributed by atoms with van der Waals surface area (Å²) in [5, 5.41) is 22.5. The Morgan fingerprint density at radius 2 is 1.36 bits per heavy atom. The predicted octanol–water partition coefficient (Wildman–Crippen LogP) is 4.58. The molecule has 14 heteroatoms. The zero-order valence-electron chi connectivity index (χ0n) is 23.3. The lowest BCUT2D eigenvalue weighted by molar-refractivity contribution is 0.269. The molecule has 222 valence electrons. The maximum absolute atomic E-state index is 13.6. The SMILES string of the molecule is CCOc1cc(C(c2c(O)n(C)c(=S)n(C)c2=O)c2c(O)n(C)c(=S)n(C)c2=O)cc(Cl)c1OCc1ccc(F)cc1. The summed E-state index contributed by atoms with van der Waals surface area (Å²) in [6, 6.07) is 8.71. The molecule has 0 aliphatic rings. The predicted molar refractivity (Wildman–Crippen MR) is 161 cm³/mol. The van der Waals surface area contributed by atoms with Crippen LogP contribution < -0.4 is 20.6 Å². The van der Waals surface area contributed by atoms with Gasteiger partial charge < -0.3 is 19.7 Å². The Morgan fingerprint density at radius 1 is 0.857 bits per heavy atom. The largest absolute Gasteiger partial charge is 0.494 e. The van der Waals surface area contributed by atoms with E-state index in [0.29, 0.717) is 5.56 Å². The van der Waals surface area contributed by atoms with Crippen molar-refractivity contribution in [1.29, 1.82) is 0 Å². The van der Waals surface area contributed by atoms with Crippen LogP contribution >= 0.6 is 36.0 Å². The van der Waals surface area contributed by atoms with Gasteiger partial charge in [-0.2, -0.15) is 0 Å². The number of hydrogen-bond donors (Lipinski definition) is 2. The van der Waals surface area contributed by atoms with Crippen LogP contribution in [0.3, 0.4) is 0 Å². The van der Waals surface area contributed by atoms with Gasteiger partial charge in [-0.05, 0) is 66.8 Å². The van der Waals surface area contributed by atoms with Crippen LogP contribution in [0, 0.1) is 15.4 Å². The van der Waals surface area contributed by atoms with Crippen LogP contribution in [0.5, 0.6) is 23.3 Å². The molecular formula is C28H28ClFN4O6S2. The highest BCUT2D eigenvalue weighted by atomic mass is 35.5. The van der Waals surface area contributed by atoms with Gasteiger partial charge in [-0.3, -0.25) is 27.9 Å². The fourth-order valence-corrected chi connectivity index (χ4v) is 5.21. The molecule has 2 aromatic heterocycles. The minimum atomic E-state index is -1.35. The zero-order chi connectivity index (χ0) is 31.0. The Balaban J connectivity index is 2.04. The smallest absolute Gasteiger partial charge is 0.262 e. The lowest BCUT2D eigenvalue weighted by atomic mass is 9.86. The van der Waals surface area contributed by atoms with Crippen LogP contribution in [-0.4, -0.2) is 35.1 Å². The van der Waals surface area contributed by atoms with E-state index in [9.17, 15) is 24.2 Å². The minimum Gasteiger partial charge on any atom is -0.494 e. The van der Waals surface area contributed by atoms with Crippen molar-refractivity contribution < 1.29 is 24.1 Å². The van der Waals surface area contributed by atoms with E-state index in [2.05, 4.69) is 0 Å². The molecule has 0 aliphatic carbocycles. The van der Waals surface area contributed by atoms with Crippen molar-refractivity contribution in [3.8, 4) is 23.3 Å². The third kappa shape index (κ3) is 5.46. The van der Waals surface area contributed by atoms with Gasteiger partial charge in [0.15, 0.2) is 21.0 Å². The molecule has 0 amide bonds. The van der Waals surface area contributed by atoms with E-state index in [1.165, 1.54) is 61.6 Å². The van der Waals surface area contributed by atoms with Crippen molar-refractivity contribution in [2.75, 3.05) is 6.61 Å². The Hall–Kier alpha value is -3.94. The quantitative estimate of drug-likeness (QED) is 0.271. The van der Waals surface area contributed by atoms with E-state index in [1.54, 1.807) is 19.1 Å². The van der Waals surface area contributed by atoms with Crippen molar-refractivity contribution in [3.63, 3.8) is 0 Å². The summed E-state index contributed by atoms with van der Waals surface area (Å²) >= 11 is 17.3. The van der Waals surface area contributed by atoms with Gasteiger partial charge in [0.2, 0.25) is 11.8 Å². The van der Waals surface area contributed by atoms with Gasteiger partial charge in [0.1, 0.15) is 12.4 Å². The van der Waals surface area contributed by atoms with E-state index >= 15 is 0 Å². The third-order valence-corrected chi connectivity index (χ3v) is 8.25. The Labute approximate surface area is 255 Å². The average Bonchev–Trinajstić information content (AvgIpc) is 2.96. The fourth-order valence-electron chi connectivity index (χ4n) is 4.60. The molecule has 0 unspecified atom stereocenters. The van der Waals surface area contributed by atoms with Gasteiger partial charge in [-0.1, -0.05) is 23.7 Å². The molecule has 2 N–H and O–H groups in total. The molecule has 0 bridgehead atoms. The molecule has 42 heavy (non-hydrogen) atoms. The van der Waals surface area contributed by atoms with Gasteiger partial charge in [-0.15, -0.1) is 0 Å². The van der Waals surface area contributed by atoms with Crippen LogP contribution in [0.15, 0.2) is 46.0 Å². The monoisotopic (exact) mass is 634 g/mol. The maximum Gasteiger partial charge on any atom is 0.262 e. The second-order valence-electron chi connectivity index (χ2n) is 9.50. The molecule has 0 saturated heterocycles. The van der Waals surface area contributed by atoms with Gasteiger partial charge in [0.25, 0.3) is 11.1 Å². The second-order valence-corrected chi connectivity index (χ2v) is 10.6. The first-order chi connectivity index (χ1) is 19.8. The number of ether oxygens (including phenoxy) is 2. The normalized spacial score (nSPS) is 11.2. The summed E-state index contributed by atoms with van der Waals surface area (Å²) in [6.07, 6.45) is 0. The Bertz CT molecular complexity index is 1850. The molecule has 0 saturated carbocycles. The van der Waals surface area contributed by atoms with Gasteiger partial charge in [-0.25, -0.2) is 4.39 Å². The van der Waals surface area contributed by atoms with Crippen molar-refractivity contribution >= 4 is 36.0 Å². The van der Waals surface area contributed by atoms with Crippen LogP contribution in [0.25, 0.3) is 0 Å². The van der Waals surface area contributed by atoms with E-state index in [0.717, 1.165) is 9.13 Å². The molecule has 2 aromatic carbocycles. The molecule has 10 nitrogen and oxygen atoms in total. The molecule has 4 aromatic rings. The molecule has 2 heterocycles. The summed E-state index contributed by atoms with van der Waals surface area (Å²) in [5.74, 6) is -2.42. The first kappa shape index (κ1) is 31.0. The number of benzene rings is 2. The molecular weight excluding hydrogens is 607 g/mol. The number of nitrogens with zero attached hydrogens (tertiary/aromatic N) is 4. The second kappa shape index (κ2) is 12.1. The van der Waals surface area contributed by atoms with E-state index in [1.807, 2.05) is 0 Å². The molecule has 0 aliphatic heterocycles. The molecule has 4 rings (SSSR count). The first-order valence-corrected chi connectivity index (χ1v) is 13.8. The van der Waals surface area contributed by atoms with Gasteiger partial charge in [0.05, 0.1) is 28.7 Å². The zero-order valence-corrected chi connectivity index (χ0v) is 25.7. The summed E-state index contributed by atoms with van der Waals surface area (Å²) in [6.45, 7) is 1.99. The van der Waals surface area contributed by atoms with Crippen molar-refractivity contribution in [3.05, 3.63) is 99.7 Å². The molecule has 0 radical (unpaired) electrons. The standard InChI is InChI=1S/C28H28ClFN4O6S2/c1-6-39-18-12-15(11-17(29)22(18)40-13-14-7-9-16(30)10-8-14)19(20-23(35)31(2)27(41)32(3)24(20)36)21-25(37)33(4)28(42)34(5)26(21)38/h7-12,19,35,37H,6,13H2,1-5H3. The summed E-state index contributed by atoms with van der Waals surface area (Å²) in [5.41, 5.74) is -0.970. The van der Waals surface area contributed by atoms with Crippen LogP contribution in [0.2, 0.25) is 5.02 Å². The molecule has 0 atom stereocenters. The average molecular weight is 635 g/mol. The van der Waals surface area contributed by atoms with Crippen LogP contribution in [0.4, 0.5) is 4.39 Å². The van der Waals surface area contributed by atoms with Crippen molar-refractivity contribution in [2.45, 2.75) is 19.4 Å². The molecule has 0 fully saturated rings. The van der Waals surface area contributed by atoms with Gasteiger partial charge >= 0.3 is 0 Å². The minimum absolute atomic E-state index is 0.0289. The van der Waals surface area contributed by atoms with E-state index < -0.39 is 28.8 Å². The van der Waals surface area contributed by atoms with E-state index in [-0.39, 0.29) is 61.8 Å². The van der Waals surface area contributed by atoms with Crippen molar-refractivity contribution in [2.24, 2.45) is 28.2 Å². The maximum atomic E-state index is 13.6. The first-order valence-electron chi connectivity index (χ1n) is 12.6. The summed E-state index contributed by atoms with van der Waals surface area (Å²) < 4.78 is 29.9. The Morgan fingerprint density at radius 3 is 1.83 bits per heavy atom. The summed E-state index contributed by atoms with van der Waals surface area (Å²) in [4.78, 5) is 27.3. The lowest BCUT2D eigenvalue weighted by Crippen LogP contribution is -2.33. The van der Waals surface area contributed by atoms with Crippen LogP contribution in [-0.2, 0) is 34.8 Å². The van der Waals surface area contributed by atoms with Gasteiger partial charge in [0, 0.05) is 28.2 Å². The van der Waals surface area contributed by atoms with Crippen LogP contribution in [0.1, 0.15) is 35.1 Å². The highest BCUT2D eigenvalue weighted by Crippen LogP contribution is 2.44. The highest BCUT2D eigenvalue weighted by molar-refractivity contribution is 7.71. The lowest BCUT2D eigenvalue weighted by Gasteiger charge is -2.24. The topological polar surface area (TPSA) is 113 Å². The number of aromatic nitrogens is 4. The highest BCUT2D eigenvalue weighted by Gasteiger charge is 2.33. The Kier molecular flexibility index (Phi) is 8.95. The van der Waals surface area contributed by atoms with Crippen molar-refractivity contribution in [1.82, 2.24) is 18.3 Å². The number of aromatic hydroxyl groups is 2. The third-order valence-electron chi connectivity index (χ3n) is 6.87. The number of hydrogen-bond acceptors (Lipinski definition) is 8. The number of rotatable bonds is 8. The fraction of sp³-hybridized carbons (Fsp3) is 0.286.